The first kappa shape index (κ1) is 13.4. The number of rotatable bonds is 3. The molecule has 0 amide bonds. The number of nitrogens with two attached hydrogens (primary N) is 1. The molecule has 0 unspecified atom stereocenters. The molecular formula is C7H7F2N3O4S. The molecule has 0 saturated carbocycles. The van der Waals surface area contributed by atoms with Gasteiger partial charge in [-0.05, 0) is 6.92 Å². The number of halogens is 2. The Kier molecular flexibility index (Phi) is 3.38. The fraction of sp³-hybridized carbons (Fsp3) is 0.286. The summed E-state index contributed by atoms with van der Waals surface area (Å²) in [6.07, 6.45) is -3.28. The second-order valence-corrected chi connectivity index (χ2v) is 4.60. The third kappa shape index (κ3) is 2.71. The van der Waals surface area contributed by atoms with Crippen molar-refractivity contribution in [1.29, 1.82) is 0 Å². The predicted octanol–water partition coefficient (Wildman–Crippen LogP) is 0.883. The van der Waals surface area contributed by atoms with Crippen molar-refractivity contribution in [2.24, 2.45) is 5.14 Å². The fourth-order valence-corrected chi connectivity index (χ4v) is 2.09. The van der Waals surface area contributed by atoms with Crippen molar-refractivity contribution in [3.63, 3.8) is 0 Å². The van der Waals surface area contributed by atoms with Crippen LogP contribution in [0.1, 0.15) is 17.8 Å². The van der Waals surface area contributed by atoms with Crippen LogP contribution in [0.2, 0.25) is 0 Å². The Morgan fingerprint density at radius 3 is 2.41 bits per heavy atom. The van der Waals surface area contributed by atoms with E-state index in [-0.39, 0.29) is 5.69 Å². The molecular weight excluding hydrogens is 260 g/mol. The molecule has 0 spiro atoms. The minimum Gasteiger partial charge on any atom is -0.258 e. The Morgan fingerprint density at radius 2 is 2.06 bits per heavy atom. The van der Waals surface area contributed by atoms with Gasteiger partial charge in [-0.25, -0.2) is 22.3 Å². The number of nitro groups is 1. The molecule has 0 aliphatic rings. The monoisotopic (exact) mass is 267 g/mol. The molecule has 17 heavy (non-hydrogen) atoms. The maximum absolute atomic E-state index is 12.6. The summed E-state index contributed by atoms with van der Waals surface area (Å²) in [7, 11) is -4.66. The van der Waals surface area contributed by atoms with Gasteiger partial charge in [-0.3, -0.25) is 15.1 Å². The molecule has 94 valence electrons. The van der Waals surface area contributed by atoms with E-state index in [0.717, 1.165) is 6.07 Å². The van der Waals surface area contributed by atoms with Crippen LogP contribution in [0, 0.1) is 17.0 Å². The van der Waals surface area contributed by atoms with Crippen molar-refractivity contribution in [3.05, 3.63) is 27.6 Å². The summed E-state index contributed by atoms with van der Waals surface area (Å²) in [5.41, 5.74) is -2.31. The van der Waals surface area contributed by atoms with E-state index in [1.165, 1.54) is 6.92 Å². The molecule has 1 aromatic heterocycles. The topological polar surface area (TPSA) is 116 Å². The van der Waals surface area contributed by atoms with Gasteiger partial charge in [0.2, 0.25) is 10.0 Å². The molecule has 0 aliphatic heterocycles. The van der Waals surface area contributed by atoms with Crippen LogP contribution >= 0.6 is 0 Å². The van der Waals surface area contributed by atoms with Crippen LogP contribution in [0.25, 0.3) is 0 Å². The summed E-state index contributed by atoms with van der Waals surface area (Å²) in [6, 6.07) is 0.769. The zero-order chi connectivity index (χ0) is 13.4. The maximum atomic E-state index is 12.6. The lowest BCUT2D eigenvalue weighted by Gasteiger charge is -2.07. The fourth-order valence-electron chi connectivity index (χ4n) is 1.24. The van der Waals surface area contributed by atoms with Crippen LogP contribution in [0.3, 0.4) is 0 Å². The van der Waals surface area contributed by atoms with Crippen LogP contribution < -0.4 is 5.14 Å². The van der Waals surface area contributed by atoms with E-state index in [1.54, 1.807) is 0 Å². The first-order valence-electron chi connectivity index (χ1n) is 4.11. The Labute approximate surface area is 94.5 Å². The number of aryl methyl sites for hydroxylation is 1. The summed E-state index contributed by atoms with van der Waals surface area (Å²) in [4.78, 5) is 11.5. The van der Waals surface area contributed by atoms with Crippen molar-refractivity contribution in [2.75, 3.05) is 0 Å². The third-order valence-electron chi connectivity index (χ3n) is 1.80. The Hall–Kier alpha value is -1.68. The average molecular weight is 267 g/mol. The SMILES string of the molecule is Cc1cc([N+](=O)[O-])c(S(N)(=O)=O)c(C(F)F)n1. The van der Waals surface area contributed by atoms with Gasteiger partial charge in [-0.2, -0.15) is 0 Å². The van der Waals surface area contributed by atoms with Gasteiger partial charge in [0, 0.05) is 11.8 Å². The first-order valence-corrected chi connectivity index (χ1v) is 5.66. The summed E-state index contributed by atoms with van der Waals surface area (Å²) in [5, 5.41) is 15.3. The quantitative estimate of drug-likeness (QED) is 0.644. The Balaban J connectivity index is 3.79. The lowest BCUT2D eigenvalue weighted by atomic mass is 10.2. The van der Waals surface area contributed by atoms with Crippen molar-refractivity contribution < 1.29 is 22.1 Å². The molecule has 0 bridgehead atoms. The number of pyridine rings is 1. The molecule has 0 atom stereocenters. The van der Waals surface area contributed by atoms with Crippen molar-refractivity contribution >= 4 is 15.7 Å². The minimum absolute atomic E-state index is 0.0978. The second kappa shape index (κ2) is 4.30. The van der Waals surface area contributed by atoms with Crippen molar-refractivity contribution in [3.8, 4) is 0 Å². The summed E-state index contributed by atoms with van der Waals surface area (Å²) < 4.78 is 47.3. The highest BCUT2D eigenvalue weighted by molar-refractivity contribution is 7.89. The minimum atomic E-state index is -4.66. The lowest BCUT2D eigenvalue weighted by Crippen LogP contribution is -2.18. The maximum Gasteiger partial charge on any atom is 0.293 e. The average Bonchev–Trinajstić information content (AvgIpc) is 2.14. The number of hydrogen-bond donors (Lipinski definition) is 1. The highest BCUT2D eigenvalue weighted by atomic mass is 32.2. The van der Waals surface area contributed by atoms with Crippen LogP contribution in [0.4, 0.5) is 14.5 Å². The molecule has 7 nitrogen and oxygen atoms in total. The second-order valence-electron chi connectivity index (χ2n) is 3.10. The predicted molar refractivity (Wildman–Crippen MR) is 52.0 cm³/mol. The zero-order valence-corrected chi connectivity index (χ0v) is 9.24. The van der Waals surface area contributed by atoms with Gasteiger partial charge < -0.3 is 0 Å². The van der Waals surface area contributed by atoms with Crippen molar-refractivity contribution in [2.45, 2.75) is 18.2 Å². The standard InChI is InChI=1S/C7H7F2N3O4S/c1-3-2-4(12(13)14)6(17(10,15)16)5(11-3)7(8)9/h2,7H,1H3,(H2,10,15,16). The normalized spacial score (nSPS) is 11.8. The van der Waals surface area contributed by atoms with Crippen LogP contribution in [-0.4, -0.2) is 18.3 Å². The number of alkyl halides is 2. The van der Waals surface area contributed by atoms with Crippen LogP contribution in [0.15, 0.2) is 11.0 Å². The molecule has 1 heterocycles. The number of hydrogen-bond acceptors (Lipinski definition) is 5. The largest absolute Gasteiger partial charge is 0.293 e. The molecule has 0 fully saturated rings. The van der Waals surface area contributed by atoms with Crippen LogP contribution in [-0.2, 0) is 10.0 Å². The number of nitrogens with zero attached hydrogens (tertiary/aromatic N) is 2. The van der Waals surface area contributed by atoms with Crippen LogP contribution in [0.5, 0.6) is 0 Å². The van der Waals surface area contributed by atoms with Gasteiger partial charge in [0.05, 0.1) is 4.92 Å². The summed E-state index contributed by atoms with van der Waals surface area (Å²) in [6.45, 7) is 1.23. The summed E-state index contributed by atoms with van der Waals surface area (Å²) in [5.74, 6) is 0. The van der Waals surface area contributed by atoms with E-state index in [2.05, 4.69) is 10.1 Å². The first-order chi connectivity index (χ1) is 7.64. The van der Waals surface area contributed by atoms with E-state index in [4.69, 9.17) is 0 Å². The smallest absolute Gasteiger partial charge is 0.258 e. The highest BCUT2D eigenvalue weighted by Gasteiger charge is 2.32. The van der Waals surface area contributed by atoms with E-state index in [0.29, 0.717) is 0 Å². The molecule has 1 rings (SSSR count). The van der Waals surface area contributed by atoms with E-state index in [9.17, 15) is 27.3 Å². The summed E-state index contributed by atoms with van der Waals surface area (Å²) >= 11 is 0. The molecule has 0 saturated heterocycles. The molecule has 0 radical (unpaired) electrons. The van der Waals surface area contributed by atoms with Crippen molar-refractivity contribution in [1.82, 2.24) is 4.98 Å². The van der Waals surface area contributed by atoms with Gasteiger partial charge in [0.15, 0.2) is 4.90 Å². The molecule has 10 heteroatoms. The molecule has 2 N–H and O–H groups in total. The van der Waals surface area contributed by atoms with Gasteiger partial charge in [-0.15, -0.1) is 0 Å². The van der Waals surface area contributed by atoms with Gasteiger partial charge >= 0.3 is 0 Å². The molecule has 0 aromatic carbocycles. The van der Waals surface area contributed by atoms with E-state index in [1.807, 2.05) is 0 Å². The van der Waals surface area contributed by atoms with Gasteiger partial charge in [0.25, 0.3) is 12.1 Å². The third-order valence-corrected chi connectivity index (χ3v) is 2.78. The number of aromatic nitrogens is 1. The Morgan fingerprint density at radius 1 is 1.53 bits per heavy atom. The molecule has 1 aromatic rings. The van der Waals surface area contributed by atoms with E-state index >= 15 is 0 Å². The number of sulfonamides is 1. The molecule has 0 aliphatic carbocycles. The van der Waals surface area contributed by atoms with E-state index < -0.39 is 37.6 Å². The highest BCUT2D eigenvalue weighted by Crippen LogP contribution is 2.31. The lowest BCUT2D eigenvalue weighted by molar-refractivity contribution is -0.388. The van der Waals surface area contributed by atoms with Gasteiger partial charge in [0.1, 0.15) is 5.69 Å². The zero-order valence-electron chi connectivity index (χ0n) is 8.42. The number of primary sulfonamides is 1. The van der Waals surface area contributed by atoms with Gasteiger partial charge in [-0.1, -0.05) is 0 Å². The Bertz CT molecular complexity index is 573.